The van der Waals surface area contributed by atoms with Gasteiger partial charge in [0.2, 0.25) is 0 Å². The van der Waals surface area contributed by atoms with Crippen molar-refractivity contribution < 1.29 is 4.42 Å². The van der Waals surface area contributed by atoms with Crippen molar-refractivity contribution in [2.24, 2.45) is 0 Å². The quantitative estimate of drug-likeness (QED) is 0.193. The molecule has 3 heteroatoms. The van der Waals surface area contributed by atoms with Crippen LogP contribution in [0.15, 0.2) is 162 Å². The van der Waals surface area contributed by atoms with E-state index in [4.69, 9.17) is 4.42 Å². The van der Waals surface area contributed by atoms with Crippen LogP contribution in [0.5, 0.6) is 0 Å². The van der Waals surface area contributed by atoms with Crippen LogP contribution in [-0.4, -0.2) is 9.13 Å². The molecule has 7 aromatic carbocycles. The largest absolute Gasteiger partial charge is 0.456 e. The second-order valence-electron chi connectivity index (χ2n) is 12.5. The molecule has 48 heavy (non-hydrogen) atoms. The average Bonchev–Trinajstić information content (AvgIpc) is 3.79. The number of aromatic nitrogens is 2. The van der Waals surface area contributed by atoms with Crippen molar-refractivity contribution in [1.82, 2.24) is 9.13 Å². The van der Waals surface area contributed by atoms with Crippen LogP contribution >= 0.6 is 0 Å². The molecule has 0 unspecified atom stereocenters. The van der Waals surface area contributed by atoms with Crippen LogP contribution in [0, 0.1) is 0 Å². The lowest BCUT2D eigenvalue weighted by molar-refractivity contribution is 0.669. The molecule has 0 radical (unpaired) electrons. The zero-order valence-electron chi connectivity index (χ0n) is 27.0. The summed E-state index contributed by atoms with van der Waals surface area (Å²) in [6, 6.07) is 56.5. The summed E-state index contributed by atoms with van der Waals surface area (Å²) in [7, 11) is 0. The van der Waals surface area contributed by atoms with Crippen LogP contribution in [0.4, 0.5) is 0 Å². The van der Waals surface area contributed by atoms with E-state index in [-0.39, 0.29) is 0 Å². The summed E-state index contributed by atoms with van der Waals surface area (Å²) in [6.07, 6.45) is 1.25. The van der Waals surface area contributed by atoms with Gasteiger partial charge in [-0.2, -0.15) is 0 Å². The van der Waals surface area contributed by atoms with Crippen molar-refractivity contribution in [2.45, 2.75) is 20.3 Å². The Kier molecular flexibility index (Phi) is 6.65. The van der Waals surface area contributed by atoms with E-state index in [1.165, 1.54) is 61.2 Å². The number of hydrogen-bond acceptors (Lipinski definition) is 1. The number of rotatable bonds is 3. The first kappa shape index (κ1) is 28.2. The second kappa shape index (κ2) is 11.3. The van der Waals surface area contributed by atoms with Gasteiger partial charge in [-0.25, -0.2) is 0 Å². The molecule has 3 nitrogen and oxygen atoms in total. The highest BCUT2D eigenvalue weighted by atomic mass is 16.3. The lowest BCUT2D eigenvalue weighted by Gasteiger charge is -2.09. The molecule has 10 aromatic rings. The first-order valence-electron chi connectivity index (χ1n) is 16.8. The second-order valence-corrected chi connectivity index (χ2v) is 12.5. The Balaban J connectivity index is 0.00000101. The maximum Gasteiger partial charge on any atom is 0.135 e. The predicted molar refractivity (Wildman–Crippen MR) is 204 cm³/mol. The molecule has 10 rings (SSSR count). The van der Waals surface area contributed by atoms with Crippen LogP contribution in [0.2, 0.25) is 0 Å². The number of fused-ring (bicyclic) bond motifs is 9. The van der Waals surface area contributed by atoms with Crippen LogP contribution in [0.3, 0.4) is 0 Å². The maximum absolute atomic E-state index is 6.39. The summed E-state index contributed by atoms with van der Waals surface area (Å²) in [6.45, 7) is 4.25. The zero-order chi connectivity index (χ0) is 32.2. The summed E-state index contributed by atoms with van der Waals surface area (Å²) in [4.78, 5) is 0. The Morgan fingerprint density at radius 2 is 0.812 bits per heavy atom. The van der Waals surface area contributed by atoms with E-state index >= 15 is 0 Å². The Morgan fingerprint density at radius 3 is 1.33 bits per heavy atom. The molecular formula is C45H34N2O. The Morgan fingerprint density at radius 1 is 0.375 bits per heavy atom. The number of para-hydroxylation sites is 3. The minimum atomic E-state index is 0.889. The first-order valence-corrected chi connectivity index (χ1v) is 16.8. The zero-order valence-corrected chi connectivity index (χ0v) is 27.0. The van der Waals surface area contributed by atoms with Crippen LogP contribution < -0.4 is 0 Å². The molecule has 3 aromatic heterocycles. The third-order valence-corrected chi connectivity index (χ3v) is 9.31. The van der Waals surface area contributed by atoms with Crippen molar-refractivity contribution in [3.63, 3.8) is 0 Å². The summed E-state index contributed by atoms with van der Waals surface area (Å²) < 4.78 is 11.1. The van der Waals surface area contributed by atoms with E-state index in [1.54, 1.807) is 0 Å². The van der Waals surface area contributed by atoms with Gasteiger partial charge in [-0.1, -0.05) is 111 Å². The van der Waals surface area contributed by atoms with Crippen LogP contribution in [-0.2, 0) is 0 Å². The Labute approximate surface area is 278 Å². The van der Waals surface area contributed by atoms with E-state index in [0.29, 0.717) is 0 Å². The molecule has 0 saturated heterocycles. The topological polar surface area (TPSA) is 23.0 Å². The lowest BCUT2D eigenvalue weighted by Crippen LogP contribution is -1.94. The predicted octanol–water partition coefficient (Wildman–Crippen LogP) is 12.9. The highest BCUT2D eigenvalue weighted by Gasteiger charge is 2.17. The summed E-state index contributed by atoms with van der Waals surface area (Å²) in [5, 5.41) is 7.23. The van der Waals surface area contributed by atoms with Crippen molar-refractivity contribution in [2.75, 3.05) is 0 Å². The third kappa shape index (κ3) is 4.35. The molecule has 230 valence electrons. The highest BCUT2D eigenvalue weighted by Crippen LogP contribution is 2.39. The molecule has 0 saturated carbocycles. The van der Waals surface area contributed by atoms with Gasteiger partial charge in [0.25, 0.3) is 0 Å². The van der Waals surface area contributed by atoms with E-state index in [1.807, 2.05) is 0 Å². The van der Waals surface area contributed by atoms with Crippen molar-refractivity contribution in [3.05, 3.63) is 158 Å². The number of hydrogen-bond donors (Lipinski definition) is 0. The highest BCUT2D eigenvalue weighted by molar-refractivity contribution is 6.13. The summed E-state index contributed by atoms with van der Waals surface area (Å²) >= 11 is 0. The van der Waals surface area contributed by atoms with Gasteiger partial charge in [0.1, 0.15) is 11.2 Å². The Bertz CT molecular complexity index is 2720. The van der Waals surface area contributed by atoms with Crippen molar-refractivity contribution in [3.8, 4) is 22.5 Å². The standard InChI is InChI=1S/C42H26N2O.C3H8/c1-2-10-27(11-3-1)28-18-21-40-34(24-28)33-14-6-9-17-39(33)44(40)30-20-23-42-36(26-30)35-25-29(19-22-41(35)45-42)43-37-15-7-4-12-31(37)32-13-5-8-16-38(32)43;1-3-2/h1-26H;3H2,1-2H3. The lowest BCUT2D eigenvalue weighted by atomic mass is 10.0. The van der Waals surface area contributed by atoms with Crippen LogP contribution in [0.25, 0.3) is 88.1 Å². The summed E-state index contributed by atoms with van der Waals surface area (Å²) in [5.41, 5.74) is 11.2. The molecule has 0 atom stereocenters. The summed E-state index contributed by atoms with van der Waals surface area (Å²) in [5.74, 6) is 0. The molecule has 0 fully saturated rings. The smallest absolute Gasteiger partial charge is 0.135 e. The minimum absolute atomic E-state index is 0.889. The van der Waals surface area contributed by atoms with E-state index in [2.05, 4.69) is 181 Å². The van der Waals surface area contributed by atoms with Crippen LogP contribution in [0.1, 0.15) is 20.3 Å². The number of furan rings is 1. The average molecular weight is 619 g/mol. The fourth-order valence-electron chi connectivity index (χ4n) is 7.29. The minimum Gasteiger partial charge on any atom is -0.456 e. The first-order chi connectivity index (χ1) is 23.7. The van der Waals surface area contributed by atoms with E-state index in [0.717, 1.165) is 33.3 Å². The third-order valence-electron chi connectivity index (χ3n) is 9.31. The van der Waals surface area contributed by atoms with Crippen molar-refractivity contribution >= 4 is 65.6 Å². The molecular weight excluding hydrogens is 585 g/mol. The van der Waals surface area contributed by atoms with Gasteiger partial charge in [-0.15, -0.1) is 0 Å². The van der Waals surface area contributed by atoms with E-state index < -0.39 is 0 Å². The van der Waals surface area contributed by atoms with E-state index in [9.17, 15) is 0 Å². The van der Waals surface area contributed by atoms with Gasteiger partial charge in [0, 0.05) is 43.7 Å². The van der Waals surface area contributed by atoms with Gasteiger partial charge in [0.15, 0.2) is 0 Å². The number of nitrogens with zero attached hydrogens (tertiary/aromatic N) is 2. The monoisotopic (exact) mass is 618 g/mol. The maximum atomic E-state index is 6.39. The Hall–Kier alpha value is -6.06. The molecule has 0 bridgehead atoms. The van der Waals surface area contributed by atoms with Gasteiger partial charge < -0.3 is 13.6 Å². The fraction of sp³-hybridized carbons (Fsp3) is 0.0667. The molecule has 0 aliphatic rings. The van der Waals surface area contributed by atoms with Gasteiger partial charge in [-0.3, -0.25) is 0 Å². The molecule has 0 N–H and O–H groups in total. The van der Waals surface area contributed by atoms with Gasteiger partial charge >= 0.3 is 0 Å². The van der Waals surface area contributed by atoms with Gasteiger partial charge in [0.05, 0.1) is 22.1 Å². The van der Waals surface area contributed by atoms with Gasteiger partial charge in [-0.05, 0) is 77.9 Å². The SMILES string of the molecule is CCC.c1ccc(-c2ccc3c(c2)c2ccccc2n3-c2ccc3oc4ccc(-n5c6ccccc6c6ccccc65)cc4c3c2)cc1. The molecule has 0 aliphatic heterocycles. The normalized spacial score (nSPS) is 11.6. The van der Waals surface area contributed by atoms with Crippen molar-refractivity contribution in [1.29, 1.82) is 0 Å². The molecule has 3 heterocycles. The fourth-order valence-corrected chi connectivity index (χ4v) is 7.29. The molecule has 0 aliphatic carbocycles. The number of benzene rings is 7. The molecule has 0 spiro atoms. The molecule has 0 amide bonds.